The van der Waals surface area contributed by atoms with Gasteiger partial charge in [-0.2, -0.15) is 16.7 Å². The predicted molar refractivity (Wildman–Crippen MR) is 46.5 cm³/mol. The molecule has 1 nitrogen and oxygen atoms in total. The van der Waals surface area contributed by atoms with Crippen LogP contribution in [0.15, 0.2) is 0 Å². The van der Waals surface area contributed by atoms with Crippen LogP contribution in [0.3, 0.4) is 0 Å². The van der Waals surface area contributed by atoms with Crippen LogP contribution in [-0.2, 0) is 0 Å². The lowest BCUT2D eigenvalue weighted by Gasteiger charge is -1.98. The molecule has 0 rings (SSSR count). The van der Waals surface area contributed by atoms with Gasteiger partial charge in [0.25, 0.3) is 0 Å². The van der Waals surface area contributed by atoms with Crippen LogP contribution >= 0.6 is 11.8 Å². The fourth-order valence-corrected chi connectivity index (χ4v) is 1.17. The lowest BCUT2D eigenvalue weighted by molar-refractivity contribution is 0.538. The van der Waals surface area contributed by atoms with E-state index in [1.165, 1.54) is 25.1 Å². The van der Waals surface area contributed by atoms with Crippen LogP contribution in [0, 0.1) is 0 Å². The van der Waals surface area contributed by atoms with E-state index in [-0.39, 0.29) is 0 Å². The minimum Gasteiger partial charge on any atom is -0.175 e. The highest BCUT2D eigenvalue weighted by Gasteiger charge is 1.96. The maximum Gasteiger partial charge on any atom is 0.122 e. The fraction of sp³-hybridized carbons (Fsp3) is 1.00. The molecule has 0 saturated heterocycles. The summed E-state index contributed by atoms with van der Waals surface area (Å²) in [5, 5.41) is 0. The van der Waals surface area contributed by atoms with E-state index in [1.807, 2.05) is 11.8 Å². The van der Waals surface area contributed by atoms with Gasteiger partial charge in [-0.1, -0.05) is 0 Å². The number of unbranched alkanes of at least 4 members (excludes halogenated alkanes) is 1. The van der Waals surface area contributed by atoms with Crippen molar-refractivity contribution in [2.45, 2.75) is 12.8 Å². The van der Waals surface area contributed by atoms with Crippen LogP contribution in [0.1, 0.15) is 12.8 Å². The second-order valence-corrected chi connectivity index (χ2v) is 3.49. The highest BCUT2D eigenvalue weighted by molar-refractivity contribution is 7.98. The average molecular weight is 147 g/mol. The van der Waals surface area contributed by atoms with Gasteiger partial charge in [0, 0.05) is 6.42 Å². The Morgan fingerprint density at radius 1 is 1.22 bits per heavy atom. The molecular formula is C7H17NS+. The molecule has 0 amide bonds. The van der Waals surface area contributed by atoms with E-state index in [4.69, 9.17) is 0 Å². The van der Waals surface area contributed by atoms with Crippen molar-refractivity contribution < 1.29 is 0 Å². The number of hydrogen-bond acceptors (Lipinski definition) is 2. The maximum atomic E-state index is 2.24. The van der Waals surface area contributed by atoms with Gasteiger partial charge in [-0.15, -0.1) is 0 Å². The molecule has 55 valence electrons. The summed E-state index contributed by atoms with van der Waals surface area (Å²) in [6, 6.07) is 0. The molecule has 0 saturated carbocycles. The first kappa shape index (κ1) is 9.31. The summed E-state index contributed by atoms with van der Waals surface area (Å²) in [6.45, 7) is 1.24. The first-order chi connectivity index (χ1) is 4.27. The minimum absolute atomic E-state index is 1.24. The van der Waals surface area contributed by atoms with Crippen molar-refractivity contribution in [3.8, 4) is 0 Å². The van der Waals surface area contributed by atoms with Crippen molar-refractivity contribution in [1.82, 2.24) is 4.90 Å². The van der Waals surface area contributed by atoms with Crippen LogP contribution in [0.4, 0.5) is 0 Å². The van der Waals surface area contributed by atoms with Crippen molar-refractivity contribution in [3.05, 3.63) is 0 Å². The molecule has 0 aromatic rings. The van der Waals surface area contributed by atoms with Gasteiger partial charge in [0.2, 0.25) is 0 Å². The number of nitrogens with zero attached hydrogens (tertiary/aromatic N) is 1. The largest absolute Gasteiger partial charge is 0.175 e. The number of rotatable bonds is 5. The SMILES string of the molecule is CSCCCC[N+](C)C. The zero-order valence-electron chi connectivity index (χ0n) is 6.68. The first-order valence-electron chi connectivity index (χ1n) is 3.41. The molecule has 2 heteroatoms. The Morgan fingerprint density at radius 2 is 1.89 bits per heavy atom. The second-order valence-electron chi connectivity index (χ2n) is 2.50. The van der Waals surface area contributed by atoms with E-state index in [0.29, 0.717) is 0 Å². The molecule has 0 spiro atoms. The average Bonchev–Trinajstić information content (AvgIpc) is 1.80. The van der Waals surface area contributed by atoms with E-state index < -0.39 is 0 Å². The molecule has 0 bridgehead atoms. The standard InChI is InChI=1S/C7H17NS/c1-8(2)6-4-5-7-9-3/h4-7H2,1-3H3/q+1. The normalized spacial score (nSPS) is 10.7. The van der Waals surface area contributed by atoms with Crippen LogP contribution in [-0.4, -0.2) is 32.6 Å². The van der Waals surface area contributed by atoms with Gasteiger partial charge in [0.05, 0.1) is 0 Å². The van der Waals surface area contributed by atoms with Crippen molar-refractivity contribution in [2.24, 2.45) is 0 Å². The zero-order valence-corrected chi connectivity index (χ0v) is 7.50. The van der Waals surface area contributed by atoms with E-state index in [1.54, 1.807) is 0 Å². The van der Waals surface area contributed by atoms with Crippen LogP contribution in [0.2, 0.25) is 0 Å². The molecule has 1 radical (unpaired) electrons. The third-order valence-electron chi connectivity index (χ3n) is 1.20. The van der Waals surface area contributed by atoms with Crippen molar-refractivity contribution >= 4 is 11.8 Å². The second kappa shape index (κ2) is 6.43. The fourth-order valence-electron chi connectivity index (χ4n) is 0.674. The van der Waals surface area contributed by atoms with Crippen LogP contribution in [0.25, 0.3) is 0 Å². The van der Waals surface area contributed by atoms with Gasteiger partial charge in [-0.3, -0.25) is 0 Å². The summed E-state index contributed by atoms with van der Waals surface area (Å²) in [5.41, 5.74) is 0. The van der Waals surface area contributed by atoms with E-state index in [9.17, 15) is 0 Å². The van der Waals surface area contributed by atoms with Crippen molar-refractivity contribution in [3.63, 3.8) is 0 Å². The molecule has 0 atom stereocenters. The Balaban J connectivity index is 2.75. The Labute approximate surface area is 62.8 Å². The summed E-state index contributed by atoms with van der Waals surface area (Å²) in [6.07, 6.45) is 4.86. The van der Waals surface area contributed by atoms with E-state index in [0.717, 1.165) is 0 Å². The summed E-state index contributed by atoms with van der Waals surface area (Å²) in [7, 11) is 4.25. The molecule has 0 aromatic heterocycles. The topological polar surface area (TPSA) is 5.90 Å². The lowest BCUT2D eigenvalue weighted by Crippen LogP contribution is -2.19. The Bertz CT molecular complexity index is 54.9. The number of thioether (sulfide) groups is 1. The first-order valence-corrected chi connectivity index (χ1v) is 4.80. The molecule has 0 unspecified atom stereocenters. The Hall–Kier alpha value is 0.310. The van der Waals surface area contributed by atoms with E-state index in [2.05, 4.69) is 25.3 Å². The van der Waals surface area contributed by atoms with Gasteiger partial charge in [0.15, 0.2) is 0 Å². The molecule has 0 N–H and O–H groups in total. The Kier molecular flexibility index (Phi) is 6.65. The van der Waals surface area contributed by atoms with Crippen LogP contribution in [0.5, 0.6) is 0 Å². The zero-order chi connectivity index (χ0) is 7.11. The summed E-state index contributed by atoms with van der Waals surface area (Å²) >= 11 is 1.93. The highest BCUT2D eigenvalue weighted by Crippen LogP contribution is 1.98. The minimum atomic E-state index is 1.24. The molecular weight excluding hydrogens is 130 g/mol. The summed E-state index contributed by atoms with van der Waals surface area (Å²) in [5.74, 6) is 1.31. The van der Waals surface area contributed by atoms with Gasteiger partial charge in [0.1, 0.15) is 20.6 Å². The molecule has 0 aliphatic heterocycles. The van der Waals surface area contributed by atoms with Crippen LogP contribution < -0.4 is 4.90 Å². The van der Waals surface area contributed by atoms with E-state index >= 15 is 0 Å². The van der Waals surface area contributed by atoms with Gasteiger partial charge in [-0.05, 0) is 18.4 Å². The molecule has 9 heavy (non-hydrogen) atoms. The maximum absolute atomic E-state index is 2.24. The third kappa shape index (κ3) is 8.31. The molecule has 0 fully saturated rings. The molecule has 0 aliphatic rings. The van der Waals surface area contributed by atoms with Crippen molar-refractivity contribution in [1.29, 1.82) is 0 Å². The molecule has 0 aromatic carbocycles. The third-order valence-corrected chi connectivity index (χ3v) is 1.90. The highest BCUT2D eigenvalue weighted by atomic mass is 32.2. The van der Waals surface area contributed by atoms with Gasteiger partial charge < -0.3 is 0 Å². The van der Waals surface area contributed by atoms with Crippen molar-refractivity contribution in [2.75, 3.05) is 32.6 Å². The Morgan fingerprint density at radius 3 is 2.33 bits per heavy atom. The number of hydrogen-bond donors (Lipinski definition) is 0. The summed E-state index contributed by atoms with van der Waals surface area (Å²) in [4.78, 5) is 2.24. The quantitative estimate of drug-likeness (QED) is 0.422. The monoisotopic (exact) mass is 147 g/mol. The van der Waals surface area contributed by atoms with Gasteiger partial charge >= 0.3 is 0 Å². The smallest absolute Gasteiger partial charge is 0.122 e. The lowest BCUT2D eigenvalue weighted by atomic mass is 10.3. The summed E-state index contributed by atoms with van der Waals surface area (Å²) < 4.78 is 0. The van der Waals surface area contributed by atoms with Gasteiger partial charge in [-0.25, -0.2) is 0 Å². The molecule has 0 heterocycles. The predicted octanol–water partition coefficient (Wildman–Crippen LogP) is 1.53. The molecule has 0 aliphatic carbocycles.